The maximum atomic E-state index is 14.5. The average Bonchev–Trinajstić information content (AvgIpc) is 3.45. The van der Waals surface area contributed by atoms with Crippen molar-refractivity contribution >= 4 is 8.69 Å². The molecule has 1 aliphatic rings. The van der Waals surface area contributed by atoms with Gasteiger partial charge in [0, 0.05) is 25.3 Å². The zero-order valence-electron chi connectivity index (χ0n) is 24.8. The maximum Gasteiger partial charge on any atom is 0.374 e. The summed E-state index contributed by atoms with van der Waals surface area (Å²) in [5.74, 6) is 1.36. The summed E-state index contributed by atoms with van der Waals surface area (Å²) in [5.41, 5.74) is 0.485. The molecule has 1 aromatic heterocycles. The second-order valence-corrected chi connectivity index (χ2v) is 11.2. The van der Waals surface area contributed by atoms with E-state index >= 15 is 0 Å². The number of rotatable bonds is 12. The molecule has 0 radical (unpaired) electrons. The van der Waals surface area contributed by atoms with Crippen molar-refractivity contribution in [2.45, 2.75) is 37.4 Å². The van der Waals surface area contributed by atoms with Crippen molar-refractivity contribution in [3.63, 3.8) is 0 Å². The quantitative estimate of drug-likeness (QED) is 0.165. The van der Waals surface area contributed by atoms with E-state index in [4.69, 9.17) is 28.0 Å². The Balaban J connectivity index is 1.57. The largest absolute Gasteiger partial charge is 0.497 e. The standard InChI is InChI=1S/C32H34FN2O8P/c1-21-19-35(31(37)34-30(21)36)29-18-27(43-44(33)40-4)28(42-29)20-41-32(22-8-6-5-7-9-22,23-10-14-25(38-2)15-11-23)24-12-16-26(39-3)17-13-24/h5-17,19,27-29H,18,20H2,1-4H3,(H,34,36,37)/t27-,28+,29+,44?/m0/s1. The molecule has 3 aromatic carbocycles. The van der Waals surface area contributed by atoms with Gasteiger partial charge in [-0.1, -0.05) is 54.6 Å². The van der Waals surface area contributed by atoms with Crippen LogP contribution in [-0.2, 0) is 24.1 Å². The van der Waals surface area contributed by atoms with Crippen LogP contribution in [0.2, 0.25) is 0 Å². The van der Waals surface area contributed by atoms with Gasteiger partial charge < -0.3 is 28.0 Å². The number of hydrogen-bond acceptors (Lipinski definition) is 8. The lowest BCUT2D eigenvalue weighted by molar-refractivity contribution is -0.0921. The van der Waals surface area contributed by atoms with Gasteiger partial charge in [0.1, 0.15) is 29.4 Å². The van der Waals surface area contributed by atoms with E-state index in [9.17, 15) is 13.8 Å². The highest BCUT2D eigenvalue weighted by Crippen LogP contribution is 2.46. The molecule has 0 bridgehead atoms. The van der Waals surface area contributed by atoms with Crippen LogP contribution in [0, 0.1) is 6.92 Å². The van der Waals surface area contributed by atoms with E-state index in [0.717, 1.165) is 16.7 Å². The minimum absolute atomic E-state index is 0.0574. The summed E-state index contributed by atoms with van der Waals surface area (Å²) in [7, 11) is 1.70. The van der Waals surface area contributed by atoms with Crippen molar-refractivity contribution in [1.82, 2.24) is 9.55 Å². The highest BCUT2D eigenvalue weighted by Gasteiger charge is 2.44. The molecular formula is C32H34FN2O8P. The molecule has 1 unspecified atom stereocenters. The molecule has 2 heterocycles. The molecule has 10 nitrogen and oxygen atoms in total. The Labute approximate surface area is 255 Å². The molecule has 44 heavy (non-hydrogen) atoms. The molecule has 1 fully saturated rings. The fraction of sp³-hybridized carbons (Fsp3) is 0.312. The second kappa shape index (κ2) is 13.8. The number of hydrogen-bond donors (Lipinski definition) is 1. The average molecular weight is 625 g/mol. The molecule has 4 atom stereocenters. The number of nitrogens with one attached hydrogen (secondary N) is 1. The topological polar surface area (TPSA) is 110 Å². The zero-order chi connectivity index (χ0) is 31.3. The van der Waals surface area contributed by atoms with Crippen LogP contribution in [0.3, 0.4) is 0 Å². The SMILES string of the molecule is COc1ccc(C(OC[C@H]2O[C@@H](n3cc(C)c(=O)[nH]c3=O)C[C@@H]2OP(F)OC)(c2ccccc2)c2ccc(OC)cc2)cc1. The summed E-state index contributed by atoms with van der Waals surface area (Å²) in [5, 5.41) is 0. The van der Waals surface area contributed by atoms with Crippen molar-refractivity contribution < 1.29 is 32.2 Å². The minimum Gasteiger partial charge on any atom is -0.497 e. The summed E-state index contributed by atoms with van der Waals surface area (Å²) >= 11 is 0. The van der Waals surface area contributed by atoms with Crippen LogP contribution in [0.1, 0.15) is 34.9 Å². The van der Waals surface area contributed by atoms with Gasteiger partial charge in [0.15, 0.2) is 0 Å². The van der Waals surface area contributed by atoms with Gasteiger partial charge in [-0.3, -0.25) is 14.3 Å². The molecular weight excluding hydrogens is 590 g/mol. The fourth-order valence-electron chi connectivity index (χ4n) is 5.36. The predicted octanol–water partition coefficient (Wildman–Crippen LogP) is 5.39. The van der Waals surface area contributed by atoms with E-state index in [0.29, 0.717) is 17.1 Å². The number of H-pyrrole nitrogens is 1. The summed E-state index contributed by atoms with van der Waals surface area (Å²) in [6.45, 7) is 1.53. The van der Waals surface area contributed by atoms with E-state index < -0.39 is 44.0 Å². The number of benzene rings is 3. The maximum absolute atomic E-state index is 14.5. The Morgan fingerprint density at radius 3 is 2.02 bits per heavy atom. The Hall–Kier alpha value is -3.86. The molecule has 1 saturated heterocycles. The summed E-state index contributed by atoms with van der Waals surface area (Å²) < 4.78 is 50.2. The zero-order valence-corrected chi connectivity index (χ0v) is 25.7. The molecule has 0 aliphatic carbocycles. The van der Waals surface area contributed by atoms with Crippen LogP contribution in [0.4, 0.5) is 4.20 Å². The van der Waals surface area contributed by atoms with Crippen molar-refractivity contribution in [2.75, 3.05) is 27.9 Å². The molecule has 12 heteroatoms. The molecule has 0 spiro atoms. The molecule has 0 saturated carbocycles. The first kappa shape index (κ1) is 31.6. The van der Waals surface area contributed by atoms with E-state index in [1.54, 1.807) is 21.1 Å². The van der Waals surface area contributed by atoms with Gasteiger partial charge in [-0.15, -0.1) is 0 Å². The third-order valence-corrected chi connectivity index (χ3v) is 8.36. The van der Waals surface area contributed by atoms with Gasteiger partial charge in [-0.05, 0) is 47.9 Å². The lowest BCUT2D eigenvalue weighted by atomic mass is 9.80. The van der Waals surface area contributed by atoms with E-state index in [1.165, 1.54) is 17.9 Å². The van der Waals surface area contributed by atoms with Crippen LogP contribution in [-0.4, -0.2) is 49.7 Å². The van der Waals surface area contributed by atoms with Crippen molar-refractivity contribution in [2.24, 2.45) is 0 Å². The number of ether oxygens (including phenoxy) is 4. The highest BCUT2D eigenvalue weighted by atomic mass is 31.2. The normalized spacial score (nSPS) is 19.1. The van der Waals surface area contributed by atoms with E-state index in [1.807, 2.05) is 78.9 Å². The molecule has 1 aliphatic heterocycles. The predicted molar refractivity (Wildman–Crippen MR) is 163 cm³/mol. The van der Waals surface area contributed by atoms with Gasteiger partial charge in [0.05, 0.1) is 26.9 Å². The lowest BCUT2D eigenvalue weighted by Gasteiger charge is -2.37. The van der Waals surface area contributed by atoms with Crippen LogP contribution in [0.25, 0.3) is 0 Å². The Morgan fingerprint density at radius 1 is 0.909 bits per heavy atom. The first-order chi connectivity index (χ1) is 21.3. The van der Waals surface area contributed by atoms with Crippen molar-refractivity contribution in [3.8, 4) is 11.5 Å². The second-order valence-electron chi connectivity index (χ2n) is 10.2. The number of aromatic nitrogens is 2. The fourth-order valence-corrected chi connectivity index (χ4v) is 5.88. The van der Waals surface area contributed by atoms with Crippen LogP contribution < -0.4 is 20.7 Å². The van der Waals surface area contributed by atoms with E-state index in [-0.39, 0.29) is 13.0 Å². The Bertz CT molecular complexity index is 1600. The first-order valence-electron chi connectivity index (χ1n) is 13.9. The smallest absolute Gasteiger partial charge is 0.374 e. The molecule has 5 rings (SSSR count). The summed E-state index contributed by atoms with van der Waals surface area (Å²) in [6, 6.07) is 24.8. The Morgan fingerprint density at radius 2 is 1.48 bits per heavy atom. The number of aryl methyl sites for hydroxylation is 1. The van der Waals surface area contributed by atoms with Crippen LogP contribution >= 0.6 is 8.69 Å². The number of halogens is 1. The molecule has 0 amide bonds. The number of aromatic amines is 1. The third-order valence-electron chi connectivity index (χ3n) is 7.64. The number of methoxy groups -OCH3 is 2. The van der Waals surface area contributed by atoms with Crippen molar-refractivity contribution in [3.05, 3.63) is 128 Å². The molecule has 1 N–H and O–H groups in total. The monoisotopic (exact) mass is 624 g/mol. The van der Waals surface area contributed by atoms with Gasteiger partial charge >= 0.3 is 14.4 Å². The van der Waals surface area contributed by atoms with Crippen molar-refractivity contribution in [1.29, 1.82) is 0 Å². The van der Waals surface area contributed by atoms with Gasteiger partial charge in [-0.2, -0.15) is 4.20 Å². The highest BCUT2D eigenvalue weighted by molar-refractivity contribution is 7.41. The minimum atomic E-state index is -2.71. The van der Waals surface area contributed by atoms with Gasteiger partial charge in [-0.25, -0.2) is 4.79 Å². The Kier molecular flexibility index (Phi) is 9.93. The molecule has 232 valence electrons. The third kappa shape index (κ3) is 6.47. The summed E-state index contributed by atoms with van der Waals surface area (Å²) in [6.07, 6.45) is -0.937. The lowest BCUT2D eigenvalue weighted by Crippen LogP contribution is -2.38. The van der Waals surface area contributed by atoms with Crippen LogP contribution in [0.5, 0.6) is 11.5 Å². The van der Waals surface area contributed by atoms with Gasteiger partial charge in [0.25, 0.3) is 5.56 Å². The number of nitrogens with zero attached hydrogens (tertiary/aromatic N) is 1. The first-order valence-corrected chi connectivity index (χ1v) is 15.0. The van der Waals surface area contributed by atoms with Crippen LogP contribution in [0.15, 0.2) is 94.6 Å². The van der Waals surface area contributed by atoms with Gasteiger partial charge in [0.2, 0.25) is 0 Å². The van der Waals surface area contributed by atoms with E-state index in [2.05, 4.69) is 4.98 Å². The summed E-state index contributed by atoms with van der Waals surface area (Å²) in [4.78, 5) is 27.0. The molecule has 4 aromatic rings.